The number of nitro benzene ring substituents is 1. The second-order valence-corrected chi connectivity index (χ2v) is 7.83. The number of benzene rings is 3. The van der Waals surface area contributed by atoms with Gasteiger partial charge in [0, 0.05) is 17.8 Å². The standard InChI is InChI=1S/C25H20N4O7/c1-14(28-24(32)18-10-6-12-20(29(34)35)21(18)25(28)33)22(30)27-19-11-4-3-9-17(19)23(31)26-15-7-5-8-16(13-15)36-2/h3-14H,1-2H3,(H,26,31)(H,27,30)/t14-/m0/s1. The fourth-order valence-electron chi connectivity index (χ4n) is 3.83. The van der Waals surface area contributed by atoms with Crippen molar-refractivity contribution in [2.24, 2.45) is 0 Å². The SMILES string of the molecule is COc1cccc(NC(=O)c2ccccc2NC(=O)[C@H](C)N2C(=O)c3cccc([N+](=O)[O-])c3C2=O)c1. The van der Waals surface area contributed by atoms with Crippen molar-refractivity contribution in [1.82, 2.24) is 4.90 Å². The van der Waals surface area contributed by atoms with E-state index in [-0.39, 0.29) is 22.4 Å². The Morgan fingerprint density at radius 3 is 2.42 bits per heavy atom. The molecule has 0 saturated heterocycles. The van der Waals surface area contributed by atoms with Crippen molar-refractivity contribution < 1.29 is 28.8 Å². The van der Waals surface area contributed by atoms with Crippen LogP contribution >= 0.6 is 0 Å². The Morgan fingerprint density at radius 1 is 0.972 bits per heavy atom. The van der Waals surface area contributed by atoms with Crippen molar-refractivity contribution in [3.05, 3.63) is 93.5 Å². The predicted molar refractivity (Wildman–Crippen MR) is 129 cm³/mol. The van der Waals surface area contributed by atoms with Gasteiger partial charge in [0.15, 0.2) is 0 Å². The highest BCUT2D eigenvalue weighted by molar-refractivity contribution is 6.25. The van der Waals surface area contributed by atoms with Gasteiger partial charge < -0.3 is 15.4 Å². The molecule has 3 aromatic rings. The summed E-state index contributed by atoms with van der Waals surface area (Å²) in [7, 11) is 1.50. The lowest BCUT2D eigenvalue weighted by atomic mass is 10.1. The lowest BCUT2D eigenvalue weighted by Crippen LogP contribution is -2.45. The van der Waals surface area contributed by atoms with Crippen LogP contribution in [0.5, 0.6) is 5.75 Å². The summed E-state index contributed by atoms with van der Waals surface area (Å²) in [6.45, 7) is 1.32. The summed E-state index contributed by atoms with van der Waals surface area (Å²) in [6.07, 6.45) is 0. The minimum absolute atomic E-state index is 0.138. The number of carbonyl (C=O) groups is 4. The van der Waals surface area contributed by atoms with E-state index in [0.29, 0.717) is 16.3 Å². The van der Waals surface area contributed by atoms with E-state index in [1.54, 1.807) is 36.4 Å². The number of amides is 4. The molecule has 0 fully saturated rings. The lowest BCUT2D eigenvalue weighted by molar-refractivity contribution is -0.385. The van der Waals surface area contributed by atoms with E-state index in [1.165, 1.54) is 38.3 Å². The zero-order chi connectivity index (χ0) is 26.0. The summed E-state index contributed by atoms with van der Waals surface area (Å²) >= 11 is 0. The molecular formula is C25H20N4O7. The van der Waals surface area contributed by atoms with Crippen LogP contribution in [-0.2, 0) is 4.79 Å². The number of fused-ring (bicyclic) bond motifs is 1. The molecular weight excluding hydrogens is 468 g/mol. The molecule has 0 bridgehead atoms. The molecule has 11 heteroatoms. The number of nitro groups is 1. The number of hydrogen-bond donors (Lipinski definition) is 2. The Hall–Kier alpha value is -5.06. The molecule has 11 nitrogen and oxygen atoms in total. The normalized spacial score (nSPS) is 13.1. The molecule has 1 aliphatic rings. The van der Waals surface area contributed by atoms with E-state index >= 15 is 0 Å². The lowest BCUT2D eigenvalue weighted by Gasteiger charge is -2.22. The van der Waals surface area contributed by atoms with Crippen molar-refractivity contribution in [3.63, 3.8) is 0 Å². The molecule has 3 aromatic carbocycles. The first-order chi connectivity index (χ1) is 17.2. The number of nitrogens with zero attached hydrogens (tertiary/aromatic N) is 2. The van der Waals surface area contributed by atoms with Crippen molar-refractivity contribution in [3.8, 4) is 5.75 Å². The minimum atomic E-state index is -1.31. The fourth-order valence-corrected chi connectivity index (χ4v) is 3.83. The third kappa shape index (κ3) is 4.37. The van der Waals surface area contributed by atoms with E-state index in [9.17, 15) is 29.3 Å². The fraction of sp³-hybridized carbons (Fsp3) is 0.120. The summed E-state index contributed by atoms with van der Waals surface area (Å²) in [5, 5.41) is 16.6. The third-order valence-electron chi connectivity index (χ3n) is 5.64. The molecule has 0 spiro atoms. The zero-order valence-electron chi connectivity index (χ0n) is 19.2. The Balaban J connectivity index is 1.55. The summed E-state index contributed by atoms with van der Waals surface area (Å²) in [5.41, 5.74) is -0.254. The smallest absolute Gasteiger partial charge is 0.282 e. The first kappa shape index (κ1) is 24.1. The molecule has 0 radical (unpaired) electrons. The van der Waals surface area contributed by atoms with Gasteiger partial charge in [-0.25, -0.2) is 0 Å². The highest BCUT2D eigenvalue weighted by atomic mass is 16.6. The Morgan fingerprint density at radius 2 is 1.69 bits per heavy atom. The van der Waals surface area contributed by atoms with Crippen molar-refractivity contribution in [1.29, 1.82) is 0 Å². The summed E-state index contributed by atoms with van der Waals surface area (Å²) in [6, 6.07) is 15.3. The summed E-state index contributed by atoms with van der Waals surface area (Å²) in [5.74, 6) is -2.47. The molecule has 0 aromatic heterocycles. The number of nitrogens with one attached hydrogen (secondary N) is 2. The summed E-state index contributed by atoms with van der Waals surface area (Å²) in [4.78, 5) is 62.9. The molecule has 0 unspecified atom stereocenters. The van der Waals surface area contributed by atoms with Crippen LogP contribution in [-0.4, -0.2) is 46.6 Å². The molecule has 0 saturated carbocycles. The van der Waals surface area contributed by atoms with Crippen molar-refractivity contribution >= 4 is 40.7 Å². The Bertz CT molecular complexity index is 1420. The monoisotopic (exact) mass is 488 g/mol. The quantitative estimate of drug-likeness (QED) is 0.294. The second kappa shape index (κ2) is 9.66. The Labute approximate surface area is 204 Å². The maximum absolute atomic E-state index is 13.0. The van der Waals surface area contributed by atoms with Crippen LogP contribution in [0.15, 0.2) is 66.7 Å². The molecule has 1 atom stereocenters. The number of anilines is 2. The van der Waals surface area contributed by atoms with Gasteiger partial charge >= 0.3 is 0 Å². The van der Waals surface area contributed by atoms with Gasteiger partial charge in [-0.2, -0.15) is 0 Å². The molecule has 4 rings (SSSR count). The van der Waals surface area contributed by atoms with Crippen LogP contribution in [0.3, 0.4) is 0 Å². The number of rotatable bonds is 7. The highest BCUT2D eigenvalue weighted by Crippen LogP contribution is 2.32. The van der Waals surface area contributed by atoms with Crippen LogP contribution in [0.1, 0.15) is 38.0 Å². The van der Waals surface area contributed by atoms with Crippen LogP contribution in [0.25, 0.3) is 0 Å². The third-order valence-corrected chi connectivity index (χ3v) is 5.64. The summed E-state index contributed by atoms with van der Waals surface area (Å²) < 4.78 is 5.15. The van der Waals surface area contributed by atoms with Crippen molar-refractivity contribution in [2.45, 2.75) is 13.0 Å². The van der Waals surface area contributed by atoms with Gasteiger partial charge in [-0.05, 0) is 37.3 Å². The van der Waals surface area contributed by atoms with E-state index in [4.69, 9.17) is 4.74 Å². The van der Waals surface area contributed by atoms with Gasteiger partial charge in [-0.3, -0.25) is 34.2 Å². The van der Waals surface area contributed by atoms with Gasteiger partial charge in [0.1, 0.15) is 17.4 Å². The van der Waals surface area contributed by atoms with Gasteiger partial charge in [-0.1, -0.05) is 24.3 Å². The van der Waals surface area contributed by atoms with Crippen molar-refractivity contribution in [2.75, 3.05) is 17.7 Å². The number of ether oxygens (including phenoxy) is 1. The first-order valence-electron chi connectivity index (χ1n) is 10.7. The van der Waals surface area contributed by atoms with Crippen LogP contribution in [0, 0.1) is 10.1 Å². The van der Waals surface area contributed by atoms with E-state index in [2.05, 4.69) is 10.6 Å². The largest absolute Gasteiger partial charge is 0.497 e. The van der Waals surface area contributed by atoms with Crippen LogP contribution in [0.2, 0.25) is 0 Å². The maximum atomic E-state index is 13.0. The molecule has 0 aliphatic carbocycles. The van der Waals surface area contributed by atoms with E-state index in [0.717, 1.165) is 6.07 Å². The first-order valence-corrected chi connectivity index (χ1v) is 10.7. The topological polar surface area (TPSA) is 148 Å². The van der Waals surface area contributed by atoms with Crippen LogP contribution in [0.4, 0.5) is 17.1 Å². The van der Waals surface area contributed by atoms with Gasteiger partial charge in [-0.15, -0.1) is 0 Å². The van der Waals surface area contributed by atoms with Gasteiger partial charge in [0.05, 0.1) is 28.8 Å². The molecule has 2 N–H and O–H groups in total. The molecule has 36 heavy (non-hydrogen) atoms. The average Bonchev–Trinajstić information content (AvgIpc) is 3.13. The van der Waals surface area contributed by atoms with E-state index < -0.39 is 40.3 Å². The minimum Gasteiger partial charge on any atom is -0.497 e. The predicted octanol–water partition coefficient (Wildman–Crippen LogP) is 3.48. The number of imide groups is 1. The van der Waals surface area contributed by atoms with Gasteiger partial charge in [0.25, 0.3) is 23.4 Å². The highest BCUT2D eigenvalue weighted by Gasteiger charge is 2.45. The average molecular weight is 488 g/mol. The van der Waals surface area contributed by atoms with E-state index in [1.807, 2.05) is 0 Å². The molecule has 1 heterocycles. The number of hydrogen-bond acceptors (Lipinski definition) is 7. The molecule has 4 amide bonds. The Kier molecular flexibility index (Phi) is 6.46. The zero-order valence-corrected chi connectivity index (χ0v) is 19.2. The number of carbonyl (C=O) groups excluding carboxylic acids is 4. The maximum Gasteiger partial charge on any atom is 0.282 e. The second-order valence-electron chi connectivity index (χ2n) is 7.83. The number of para-hydroxylation sites is 1. The molecule has 182 valence electrons. The molecule has 1 aliphatic heterocycles. The van der Waals surface area contributed by atoms with Gasteiger partial charge in [0.2, 0.25) is 5.91 Å². The number of methoxy groups -OCH3 is 1. The van der Waals surface area contributed by atoms with Crippen LogP contribution < -0.4 is 15.4 Å².